The van der Waals surface area contributed by atoms with Crippen LogP contribution in [0, 0.1) is 0 Å². The molecule has 0 bridgehead atoms. The van der Waals surface area contributed by atoms with Crippen LogP contribution in [-0.4, -0.2) is 0 Å². The Morgan fingerprint density at radius 3 is 1.44 bits per heavy atom. The normalized spacial score (nSPS) is 12.2. The highest BCUT2D eigenvalue weighted by Gasteiger charge is 2.32. The maximum atomic E-state index is 15.2. The molecule has 7 aromatic carbocycles. The average Bonchev–Trinajstić information content (AvgIpc) is 2.92. The van der Waals surface area contributed by atoms with E-state index in [4.69, 9.17) is 0 Å². The second-order valence-electron chi connectivity index (χ2n) is 8.85. The topological polar surface area (TPSA) is 17.1 Å². The van der Waals surface area contributed by atoms with Crippen molar-refractivity contribution in [3.63, 3.8) is 0 Å². The van der Waals surface area contributed by atoms with Crippen LogP contribution in [-0.2, 0) is 4.57 Å². The first-order chi connectivity index (χ1) is 16.8. The van der Waals surface area contributed by atoms with E-state index in [1.807, 2.05) is 60.7 Å². The van der Waals surface area contributed by atoms with E-state index in [-0.39, 0.29) is 0 Å². The lowest BCUT2D eigenvalue weighted by molar-refractivity contribution is 0.592. The lowest BCUT2D eigenvalue weighted by Gasteiger charge is -2.23. The van der Waals surface area contributed by atoms with Crippen molar-refractivity contribution >= 4 is 66.1 Å². The highest BCUT2D eigenvalue weighted by atomic mass is 31.2. The smallest absolute Gasteiger partial charge is 0.171 e. The Bertz CT molecular complexity index is 1780. The van der Waals surface area contributed by atoms with Crippen LogP contribution in [0.3, 0.4) is 0 Å². The summed E-state index contributed by atoms with van der Waals surface area (Å²) in [5.74, 6) is 0. The fourth-order valence-corrected chi connectivity index (χ4v) is 8.46. The van der Waals surface area contributed by atoms with E-state index in [0.29, 0.717) is 0 Å². The van der Waals surface area contributed by atoms with Gasteiger partial charge in [0, 0.05) is 15.9 Å². The van der Waals surface area contributed by atoms with Gasteiger partial charge in [-0.2, -0.15) is 0 Å². The maximum Gasteiger partial charge on any atom is 0.171 e. The predicted octanol–water partition coefficient (Wildman–Crippen LogP) is 7.38. The molecule has 0 fully saturated rings. The molecule has 7 rings (SSSR count). The van der Waals surface area contributed by atoms with Crippen molar-refractivity contribution < 1.29 is 4.57 Å². The summed E-state index contributed by atoms with van der Waals surface area (Å²) >= 11 is 0. The van der Waals surface area contributed by atoms with Gasteiger partial charge in [-0.15, -0.1) is 0 Å². The quantitative estimate of drug-likeness (QED) is 0.155. The third-order valence-electron chi connectivity index (χ3n) is 7.08. The van der Waals surface area contributed by atoms with Gasteiger partial charge in [-0.25, -0.2) is 0 Å². The molecule has 0 amide bonds. The zero-order valence-corrected chi connectivity index (χ0v) is 19.4. The van der Waals surface area contributed by atoms with Crippen molar-refractivity contribution in [2.75, 3.05) is 0 Å². The van der Waals surface area contributed by atoms with Gasteiger partial charge in [-0.3, -0.25) is 0 Å². The molecule has 0 N–H and O–H groups in total. The fourth-order valence-electron chi connectivity index (χ4n) is 5.61. The first kappa shape index (κ1) is 19.5. The first-order valence-electron chi connectivity index (χ1n) is 11.6. The van der Waals surface area contributed by atoms with Crippen LogP contribution in [0.2, 0.25) is 0 Å². The van der Waals surface area contributed by atoms with Crippen molar-refractivity contribution in [3.05, 3.63) is 127 Å². The highest BCUT2D eigenvalue weighted by molar-refractivity contribution is 7.85. The van der Waals surface area contributed by atoms with Crippen LogP contribution in [0.15, 0.2) is 127 Å². The van der Waals surface area contributed by atoms with Gasteiger partial charge in [-0.05, 0) is 49.2 Å². The molecule has 0 spiro atoms. The standard InChI is InChI=1S/C32H21OP/c33-34(23-12-3-1-4-13-23,24-14-5-2-6-15-24)30-21-20-28-26-17-8-11-22-10-7-16-25(31(22)26)27-18-9-19-29(30)32(27)28/h1-21H. The number of benzene rings is 7. The van der Waals surface area contributed by atoms with Crippen LogP contribution in [0.1, 0.15) is 0 Å². The minimum absolute atomic E-state index is 0.861. The molecule has 0 unspecified atom stereocenters. The Labute approximate surface area is 198 Å². The molecule has 0 aliphatic carbocycles. The monoisotopic (exact) mass is 452 g/mol. The van der Waals surface area contributed by atoms with Gasteiger partial charge < -0.3 is 4.57 Å². The molecule has 7 aromatic rings. The van der Waals surface area contributed by atoms with Crippen LogP contribution >= 0.6 is 7.14 Å². The lowest BCUT2D eigenvalue weighted by Crippen LogP contribution is -2.25. The van der Waals surface area contributed by atoms with Crippen molar-refractivity contribution in [2.45, 2.75) is 0 Å². The molecule has 160 valence electrons. The van der Waals surface area contributed by atoms with Gasteiger partial charge in [0.25, 0.3) is 0 Å². The molecule has 1 nitrogen and oxygen atoms in total. The SMILES string of the molecule is O=P(c1ccccc1)(c1ccccc1)c1ccc2c3cccc4cccc(c5cccc1c52)c43. The van der Waals surface area contributed by atoms with Crippen molar-refractivity contribution in [2.24, 2.45) is 0 Å². The van der Waals surface area contributed by atoms with E-state index in [2.05, 4.69) is 66.7 Å². The van der Waals surface area contributed by atoms with Crippen LogP contribution in [0.5, 0.6) is 0 Å². The number of hydrogen-bond donors (Lipinski definition) is 0. The molecular formula is C32H21OP. The number of hydrogen-bond acceptors (Lipinski definition) is 1. The molecular weight excluding hydrogens is 431 g/mol. The van der Waals surface area contributed by atoms with Gasteiger partial charge in [-0.1, -0.05) is 121 Å². The third kappa shape index (κ3) is 2.59. The second-order valence-corrected chi connectivity index (χ2v) is 11.6. The average molecular weight is 452 g/mol. The molecule has 0 radical (unpaired) electrons. The molecule has 0 aliphatic rings. The Morgan fingerprint density at radius 2 is 0.853 bits per heavy atom. The summed E-state index contributed by atoms with van der Waals surface area (Å²) in [5, 5.41) is 12.4. The molecule has 0 atom stereocenters. The summed E-state index contributed by atoms with van der Waals surface area (Å²) < 4.78 is 15.2. The Morgan fingerprint density at radius 1 is 0.382 bits per heavy atom. The highest BCUT2D eigenvalue weighted by Crippen LogP contribution is 2.47. The molecule has 0 aromatic heterocycles. The van der Waals surface area contributed by atoms with Gasteiger partial charge in [0.2, 0.25) is 0 Å². The van der Waals surface area contributed by atoms with Gasteiger partial charge >= 0.3 is 0 Å². The Balaban J connectivity index is 1.68. The van der Waals surface area contributed by atoms with Gasteiger partial charge in [0.05, 0.1) is 0 Å². The van der Waals surface area contributed by atoms with Crippen LogP contribution < -0.4 is 15.9 Å². The van der Waals surface area contributed by atoms with E-state index < -0.39 is 7.14 Å². The van der Waals surface area contributed by atoms with Gasteiger partial charge in [0.1, 0.15) is 0 Å². The van der Waals surface area contributed by atoms with Crippen LogP contribution in [0.25, 0.3) is 43.1 Å². The lowest BCUT2D eigenvalue weighted by atomic mass is 9.90. The van der Waals surface area contributed by atoms with E-state index in [1.54, 1.807) is 0 Å². The molecule has 0 aliphatic heterocycles. The molecule has 34 heavy (non-hydrogen) atoms. The minimum Gasteiger partial charge on any atom is -0.309 e. The summed E-state index contributed by atoms with van der Waals surface area (Å²) in [6, 6.07) is 43.7. The van der Waals surface area contributed by atoms with Gasteiger partial charge in [0.15, 0.2) is 7.14 Å². The zero-order valence-electron chi connectivity index (χ0n) is 18.5. The van der Waals surface area contributed by atoms with Crippen molar-refractivity contribution in [1.82, 2.24) is 0 Å². The fraction of sp³-hybridized carbons (Fsp3) is 0. The number of fused-ring (bicyclic) bond motifs is 2. The summed E-state index contributed by atoms with van der Waals surface area (Å²) in [6.45, 7) is 0. The summed E-state index contributed by atoms with van der Waals surface area (Å²) in [5.41, 5.74) is 0. The maximum absolute atomic E-state index is 15.2. The first-order valence-corrected chi connectivity index (χ1v) is 13.3. The van der Waals surface area contributed by atoms with Crippen molar-refractivity contribution in [1.29, 1.82) is 0 Å². The Hall–Kier alpha value is -3.93. The Kier molecular flexibility index (Phi) is 4.19. The number of rotatable bonds is 3. The summed E-state index contributed by atoms with van der Waals surface area (Å²) in [4.78, 5) is 0. The van der Waals surface area contributed by atoms with E-state index >= 15 is 4.57 Å². The summed E-state index contributed by atoms with van der Waals surface area (Å²) in [7, 11) is -3.09. The van der Waals surface area contributed by atoms with Crippen LogP contribution in [0.4, 0.5) is 0 Å². The van der Waals surface area contributed by atoms with Crippen molar-refractivity contribution in [3.8, 4) is 0 Å². The second kappa shape index (κ2) is 7.29. The third-order valence-corrected chi connectivity index (χ3v) is 10.2. The predicted molar refractivity (Wildman–Crippen MR) is 147 cm³/mol. The summed E-state index contributed by atoms with van der Waals surface area (Å²) in [6.07, 6.45) is 0. The molecule has 0 saturated carbocycles. The van der Waals surface area contributed by atoms with E-state index in [1.165, 1.54) is 37.7 Å². The minimum atomic E-state index is -3.09. The molecule has 0 saturated heterocycles. The molecule has 2 heteroatoms. The van der Waals surface area contributed by atoms with E-state index in [0.717, 1.165) is 21.3 Å². The largest absolute Gasteiger partial charge is 0.309 e. The molecule has 0 heterocycles. The zero-order chi connectivity index (χ0) is 22.7. The van der Waals surface area contributed by atoms with E-state index in [9.17, 15) is 0 Å².